The summed E-state index contributed by atoms with van der Waals surface area (Å²) in [6.07, 6.45) is -11.0. The number of Topliss-reactive ketones (excluding diaryl/α,β-unsaturated/α-hetero) is 2. The van der Waals surface area contributed by atoms with Crippen molar-refractivity contribution in [2.75, 3.05) is 0 Å². The van der Waals surface area contributed by atoms with Gasteiger partial charge in [-0.25, -0.2) is 0 Å². The van der Waals surface area contributed by atoms with Crippen LogP contribution in [0.15, 0.2) is 0 Å². The zero-order chi connectivity index (χ0) is 19.9. The van der Waals surface area contributed by atoms with Gasteiger partial charge in [-0.3, -0.25) is 9.59 Å². The summed E-state index contributed by atoms with van der Waals surface area (Å²) in [7, 11) is 0. The van der Waals surface area contributed by atoms with Gasteiger partial charge in [-0.2, -0.15) is 26.3 Å². The van der Waals surface area contributed by atoms with Crippen LogP contribution in [0.2, 0.25) is 0 Å². The van der Waals surface area contributed by atoms with Crippen molar-refractivity contribution in [2.24, 2.45) is 11.8 Å². The van der Waals surface area contributed by atoms with E-state index in [0.717, 1.165) is 0 Å². The molecule has 1 radical (unpaired) electrons. The molecule has 25 heavy (non-hydrogen) atoms. The number of carboxylic acids is 2. The van der Waals surface area contributed by atoms with Gasteiger partial charge in [-0.05, 0) is 12.8 Å². The van der Waals surface area contributed by atoms with Gasteiger partial charge in [0.1, 0.15) is 0 Å². The van der Waals surface area contributed by atoms with E-state index in [0.29, 0.717) is 0 Å². The van der Waals surface area contributed by atoms with Crippen molar-refractivity contribution in [1.82, 2.24) is 0 Å². The third-order valence-corrected chi connectivity index (χ3v) is 2.58. The molecule has 0 spiro atoms. The van der Waals surface area contributed by atoms with Crippen molar-refractivity contribution in [3.63, 3.8) is 0 Å². The molecule has 141 valence electrons. The summed E-state index contributed by atoms with van der Waals surface area (Å²) in [6, 6.07) is 0. The van der Waals surface area contributed by atoms with Gasteiger partial charge in [-0.1, -0.05) is 13.8 Å². The van der Waals surface area contributed by atoms with E-state index >= 15 is 0 Å². The molecule has 13 heteroatoms. The van der Waals surface area contributed by atoms with Crippen LogP contribution in [0, 0.1) is 11.8 Å². The van der Waals surface area contributed by atoms with Crippen LogP contribution in [0.3, 0.4) is 0 Å². The predicted molar refractivity (Wildman–Crippen MR) is 65.5 cm³/mol. The van der Waals surface area contributed by atoms with Crippen LogP contribution in [0.1, 0.15) is 26.7 Å². The summed E-state index contributed by atoms with van der Waals surface area (Å²) in [6.45, 7) is 2.34. The van der Waals surface area contributed by atoms with Crippen LogP contribution < -0.4 is 10.2 Å². The Labute approximate surface area is 148 Å². The summed E-state index contributed by atoms with van der Waals surface area (Å²) in [5.74, 6) is -12.6. The molecule has 0 aliphatic carbocycles. The van der Waals surface area contributed by atoms with Crippen LogP contribution in [0.5, 0.6) is 0 Å². The SMILES string of the molecule is CCC(C(=O)[O-])C(=O)C(F)(F)F.CCC(C(=O)[O-])C(=O)C(F)(F)F.[Al+2]. The van der Waals surface area contributed by atoms with Crippen molar-refractivity contribution >= 4 is 40.9 Å². The third-order valence-electron chi connectivity index (χ3n) is 2.58. The van der Waals surface area contributed by atoms with Gasteiger partial charge in [0, 0.05) is 0 Å². The maximum Gasteiger partial charge on any atom is 2.00 e. The summed E-state index contributed by atoms with van der Waals surface area (Å²) in [5.41, 5.74) is 0. The number of rotatable bonds is 6. The first-order chi connectivity index (χ1) is 10.6. The van der Waals surface area contributed by atoms with E-state index in [9.17, 15) is 55.7 Å². The predicted octanol–water partition coefficient (Wildman–Crippen LogP) is -0.593. The average Bonchev–Trinajstić information content (AvgIpc) is 2.37. The van der Waals surface area contributed by atoms with E-state index in [4.69, 9.17) is 0 Å². The van der Waals surface area contributed by atoms with Gasteiger partial charge in [0.15, 0.2) is 0 Å². The number of ketones is 2. The monoisotopic (exact) mass is 393 g/mol. The number of carbonyl (C=O) groups is 4. The fraction of sp³-hybridized carbons (Fsp3) is 0.667. The number of alkyl halides is 6. The minimum absolute atomic E-state index is 0. The Morgan fingerprint density at radius 3 is 0.960 bits per heavy atom. The van der Waals surface area contributed by atoms with Crippen LogP contribution in [0.4, 0.5) is 26.3 Å². The first-order valence-electron chi connectivity index (χ1n) is 6.24. The van der Waals surface area contributed by atoms with E-state index in [2.05, 4.69) is 0 Å². The minimum Gasteiger partial charge on any atom is -0.549 e. The molecule has 0 N–H and O–H groups in total. The quantitative estimate of drug-likeness (QED) is 0.339. The normalized spacial score (nSPS) is 13.4. The van der Waals surface area contributed by atoms with E-state index in [-0.39, 0.29) is 17.4 Å². The number of hydrogen-bond donors (Lipinski definition) is 0. The number of aliphatic carboxylic acids is 2. The van der Waals surface area contributed by atoms with Crippen molar-refractivity contribution < 1.29 is 55.7 Å². The molecule has 0 aliphatic heterocycles. The summed E-state index contributed by atoms with van der Waals surface area (Å²) < 4.78 is 69.6. The molecule has 0 aromatic rings. The van der Waals surface area contributed by atoms with E-state index in [1.165, 1.54) is 13.8 Å². The maximum atomic E-state index is 11.6. The molecule has 0 fully saturated rings. The summed E-state index contributed by atoms with van der Waals surface area (Å²) >= 11 is 0. The van der Waals surface area contributed by atoms with E-state index < -0.39 is 60.5 Å². The number of hydrogen-bond acceptors (Lipinski definition) is 6. The minimum atomic E-state index is -5.10. The average molecular weight is 393 g/mol. The summed E-state index contributed by atoms with van der Waals surface area (Å²) in [4.78, 5) is 40.6. The van der Waals surface area contributed by atoms with Crippen LogP contribution >= 0.6 is 0 Å². The van der Waals surface area contributed by atoms with Gasteiger partial charge < -0.3 is 19.8 Å². The molecule has 0 rings (SSSR count). The van der Waals surface area contributed by atoms with Gasteiger partial charge >= 0.3 is 29.7 Å². The Morgan fingerprint density at radius 2 is 0.920 bits per heavy atom. The first-order valence-corrected chi connectivity index (χ1v) is 6.24. The summed E-state index contributed by atoms with van der Waals surface area (Å²) in [5, 5.41) is 20.0. The van der Waals surface area contributed by atoms with Crippen molar-refractivity contribution in [3.8, 4) is 0 Å². The Morgan fingerprint density at radius 1 is 0.720 bits per heavy atom. The molecule has 0 amide bonds. The maximum absolute atomic E-state index is 11.6. The molecular weight excluding hydrogens is 381 g/mol. The second-order valence-corrected chi connectivity index (χ2v) is 4.28. The van der Waals surface area contributed by atoms with Gasteiger partial charge in [0.2, 0.25) is 11.6 Å². The van der Waals surface area contributed by atoms with Crippen LogP contribution in [-0.2, 0) is 19.2 Å². The van der Waals surface area contributed by atoms with Gasteiger partial charge in [0.25, 0.3) is 0 Å². The zero-order valence-corrected chi connectivity index (χ0v) is 14.0. The smallest absolute Gasteiger partial charge is 0.549 e. The molecule has 2 atom stereocenters. The molecule has 6 nitrogen and oxygen atoms in total. The third kappa shape index (κ3) is 10.1. The number of carbonyl (C=O) groups excluding carboxylic acids is 4. The number of carboxylic acid groups (broad SMARTS) is 2. The van der Waals surface area contributed by atoms with Gasteiger partial charge in [0.05, 0.1) is 23.8 Å². The Bertz CT molecular complexity index is 443. The fourth-order valence-corrected chi connectivity index (χ4v) is 1.31. The molecule has 2 unspecified atom stereocenters. The second-order valence-electron chi connectivity index (χ2n) is 4.28. The van der Waals surface area contributed by atoms with E-state index in [1.807, 2.05) is 0 Å². The largest absolute Gasteiger partial charge is 2.00 e. The Kier molecular flexibility index (Phi) is 12.5. The van der Waals surface area contributed by atoms with Gasteiger partial charge in [-0.15, -0.1) is 0 Å². The number of halogens is 6. The Balaban J connectivity index is -0.000000372. The van der Waals surface area contributed by atoms with Crippen molar-refractivity contribution in [1.29, 1.82) is 0 Å². The standard InChI is InChI=1S/2C6H7F3O3.Al/c2*1-2-3(5(11)12)4(10)6(7,8)9;/h2*3H,2H2,1H3,(H,11,12);/q;;+2/p-2. The molecule has 0 saturated carbocycles. The van der Waals surface area contributed by atoms with Crippen LogP contribution in [-0.4, -0.2) is 53.2 Å². The first kappa shape index (κ1) is 28.2. The van der Waals surface area contributed by atoms with Crippen LogP contribution in [0.25, 0.3) is 0 Å². The molecule has 0 heterocycles. The fourth-order valence-electron chi connectivity index (χ4n) is 1.31. The molecule has 0 saturated heterocycles. The molecule has 0 aliphatic rings. The Hall–Kier alpha value is -1.61. The van der Waals surface area contributed by atoms with Crippen molar-refractivity contribution in [2.45, 2.75) is 39.0 Å². The molecule has 0 bridgehead atoms. The molecular formula is C12H12AlF6O6. The molecule has 0 aromatic carbocycles. The molecule has 0 aromatic heterocycles. The second kappa shape index (κ2) is 11.1. The zero-order valence-electron chi connectivity index (χ0n) is 12.9. The topological polar surface area (TPSA) is 114 Å². The van der Waals surface area contributed by atoms with Crippen molar-refractivity contribution in [3.05, 3.63) is 0 Å². The van der Waals surface area contributed by atoms with E-state index in [1.54, 1.807) is 0 Å².